The number of hydrogen-bond acceptors (Lipinski definition) is 3. The van der Waals surface area contributed by atoms with Crippen LogP contribution in [0.3, 0.4) is 0 Å². The largest absolute Gasteiger partial charge is 0.399 e. The zero-order chi connectivity index (χ0) is 13.1. The van der Waals surface area contributed by atoms with Gasteiger partial charge in [-0.2, -0.15) is 5.10 Å². The molecule has 1 amide bonds. The first-order chi connectivity index (χ1) is 8.56. The molecule has 0 saturated carbocycles. The molecular formula is C13H16N4O. The molecule has 2 rings (SSSR count). The second-order valence-corrected chi connectivity index (χ2v) is 4.23. The Kier molecular flexibility index (Phi) is 3.32. The highest BCUT2D eigenvalue weighted by Crippen LogP contribution is 2.08. The van der Waals surface area contributed by atoms with Crippen LogP contribution in [0.2, 0.25) is 0 Å². The average molecular weight is 244 g/mol. The second-order valence-electron chi connectivity index (χ2n) is 4.23. The summed E-state index contributed by atoms with van der Waals surface area (Å²) in [4.78, 5) is 11.9. The highest BCUT2D eigenvalue weighted by Gasteiger charge is 2.11. The smallest absolute Gasteiger partial charge is 0.255 e. The molecule has 0 aliphatic heterocycles. The van der Waals surface area contributed by atoms with Crippen molar-refractivity contribution in [3.8, 4) is 0 Å². The van der Waals surface area contributed by atoms with E-state index in [1.54, 1.807) is 17.9 Å². The van der Waals surface area contributed by atoms with E-state index in [0.29, 0.717) is 17.8 Å². The molecule has 0 bridgehead atoms. The molecule has 0 aliphatic carbocycles. The standard InChI is InChI=1S/C13H16N4O/c1-9-12(8-17(2)16-9)13(18)15-7-10-4-3-5-11(14)6-10/h3-6,8H,7,14H2,1-2H3,(H,15,18). The molecule has 94 valence electrons. The molecule has 3 N–H and O–H groups in total. The third kappa shape index (κ3) is 2.68. The Hall–Kier alpha value is -2.30. The Morgan fingerprint density at radius 1 is 1.50 bits per heavy atom. The molecule has 0 atom stereocenters. The second kappa shape index (κ2) is 4.91. The fourth-order valence-corrected chi connectivity index (χ4v) is 1.80. The van der Waals surface area contributed by atoms with Gasteiger partial charge in [-0.25, -0.2) is 0 Å². The normalized spacial score (nSPS) is 10.3. The van der Waals surface area contributed by atoms with E-state index in [2.05, 4.69) is 10.4 Å². The van der Waals surface area contributed by atoms with Crippen molar-refractivity contribution in [1.82, 2.24) is 15.1 Å². The van der Waals surface area contributed by atoms with E-state index in [-0.39, 0.29) is 5.91 Å². The monoisotopic (exact) mass is 244 g/mol. The van der Waals surface area contributed by atoms with Crippen LogP contribution >= 0.6 is 0 Å². The molecule has 0 unspecified atom stereocenters. The number of nitrogen functional groups attached to an aromatic ring is 1. The number of hydrogen-bond donors (Lipinski definition) is 2. The van der Waals surface area contributed by atoms with Crippen molar-refractivity contribution in [3.63, 3.8) is 0 Å². The van der Waals surface area contributed by atoms with Gasteiger partial charge in [0.2, 0.25) is 0 Å². The lowest BCUT2D eigenvalue weighted by Gasteiger charge is -2.05. The number of nitrogens with two attached hydrogens (primary N) is 1. The third-order valence-corrected chi connectivity index (χ3v) is 2.66. The summed E-state index contributed by atoms with van der Waals surface area (Å²) >= 11 is 0. The molecule has 0 radical (unpaired) electrons. The lowest BCUT2D eigenvalue weighted by Crippen LogP contribution is -2.23. The summed E-state index contributed by atoms with van der Waals surface area (Å²) in [5.74, 6) is -0.122. The molecule has 5 nitrogen and oxygen atoms in total. The maximum absolute atomic E-state index is 11.9. The Balaban J connectivity index is 2.03. The zero-order valence-electron chi connectivity index (χ0n) is 10.5. The number of nitrogens with one attached hydrogen (secondary N) is 1. The Morgan fingerprint density at radius 3 is 2.89 bits per heavy atom. The fraction of sp³-hybridized carbons (Fsp3) is 0.231. The van der Waals surface area contributed by atoms with Crippen molar-refractivity contribution in [1.29, 1.82) is 0 Å². The summed E-state index contributed by atoms with van der Waals surface area (Å²) in [6, 6.07) is 7.45. The van der Waals surface area contributed by atoms with E-state index in [9.17, 15) is 4.79 Å². The summed E-state index contributed by atoms with van der Waals surface area (Å²) in [5, 5.41) is 6.99. The number of carbonyl (C=O) groups excluding carboxylic acids is 1. The van der Waals surface area contributed by atoms with Crippen molar-refractivity contribution in [2.75, 3.05) is 5.73 Å². The minimum Gasteiger partial charge on any atom is -0.399 e. The van der Waals surface area contributed by atoms with Gasteiger partial charge in [0, 0.05) is 25.5 Å². The fourth-order valence-electron chi connectivity index (χ4n) is 1.80. The number of amides is 1. The number of anilines is 1. The summed E-state index contributed by atoms with van der Waals surface area (Å²) in [7, 11) is 1.79. The predicted octanol–water partition coefficient (Wildman–Crippen LogP) is 1.24. The van der Waals surface area contributed by atoms with Gasteiger partial charge in [-0.3, -0.25) is 9.48 Å². The van der Waals surface area contributed by atoms with Gasteiger partial charge >= 0.3 is 0 Å². The van der Waals surface area contributed by atoms with Gasteiger partial charge in [0.15, 0.2) is 0 Å². The molecule has 0 saturated heterocycles. The number of aryl methyl sites for hydroxylation is 2. The predicted molar refractivity (Wildman–Crippen MR) is 70.0 cm³/mol. The Morgan fingerprint density at radius 2 is 2.28 bits per heavy atom. The van der Waals surface area contributed by atoms with Crippen molar-refractivity contribution in [3.05, 3.63) is 47.3 Å². The number of aromatic nitrogens is 2. The van der Waals surface area contributed by atoms with Crippen molar-refractivity contribution < 1.29 is 4.79 Å². The van der Waals surface area contributed by atoms with Gasteiger partial charge in [-0.15, -0.1) is 0 Å². The highest BCUT2D eigenvalue weighted by atomic mass is 16.1. The maximum Gasteiger partial charge on any atom is 0.255 e. The van der Waals surface area contributed by atoms with Gasteiger partial charge in [0.25, 0.3) is 5.91 Å². The molecule has 18 heavy (non-hydrogen) atoms. The molecule has 0 spiro atoms. The van der Waals surface area contributed by atoms with Crippen LogP contribution in [0, 0.1) is 6.92 Å². The number of nitrogens with zero attached hydrogens (tertiary/aromatic N) is 2. The van der Waals surface area contributed by atoms with Crippen molar-refractivity contribution >= 4 is 11.6 Å². The summed E-state index contributed by atoms with van der Waals surface area (Å²) in [5.41, 5.74) is 8.67. The lowest BCUT2D eigenvalue weighted by atomic mass is 10.2. The van der Waals surface area contributed by atoms with E-state index in [1.165, 1.54) is 0 Å². The molecule has 1 aromatic carbocycles. The van der Waals surface area contributed by atoms with Gasteiger partial charge in [-0.05, 0) is 24.6 Å². The topological polar surface area (TPSA) is 72.9 Å². The summed E-state index contributed by atoms with van der Waals surface area (Å²) in [6.45, 7) is 2.27. The first-order valence-electron chi connectivity index (χ1n) is 5.69. The SMILES string of the molecule is Cc1nn(C)cc1C(=O)NCc1cccc(N)c1. The summed E-state index contributed by atoms with van der Waals surface area (Å²) < 4.78 is 1.63. The highest BCUT2D eigenvalue weighted by molar-refractivity contribution is 5.94. The van der Waals surface area contributed by atoms with E-state index >= 15 is 0 Å². The zero-order valence-corrected chi connectivity index (χ0v) is 10.5. The third-order valence-electron chi connectivity index (χ3n) is 2.66. The minimum atomic E-state index is -0.122. The van der Waals surface area contributed by atoms with Gasteiger partial charge in [0.1, 0.15) is 0 Å². The lowest BCUT2D eigenvalue weighted by molar-refractivity contribution is 0.0950. The first-order valence-corrected chi connectivity index (χ1v) is 5.69. The van der Waals surface area contributed by atoms with Crippen LogP contribution in [-0.2, 0) is 13.6 Å². The summed E-state index contributed by atoms with van der Waals surface area (Å²) in [6.07, 6.45) is 1.71. The van der Waals surface area contributed by atoms with Gasteiger partial charge < -0.3 is 11.1 Å². The van der Waals surface area contributed by atoms with Crippen LogP contribution < -0.4 is 11.1 Å². The van der Waals surface area contributed by atoms with Gasteiger partial charge in [-0.1, -0.05) is 12.1 Å². The molecule has 1 aromatic heterocycles. The van der Waals surface area contributed by atoms with E-state index in [1.807, 2.05) is 31.2 Å². The number of carbonyl (C=O) groups is 1. The molecular weight excluding hydrogens is 228 g/mol. The Bertz CT molecular complexity index is 574. The van der Waals surface area contributed by atoms with Crippen LogP contribution in [0.1, 0.15) is 21.6 Å². The number of rotatable bonds is 3. The van der Waals surface area contributed by atoms with Crippen LogP contribution in [0.15, 0.2) is 30.5 Å². The van der Waals surface area contributed by atoms with E-state index < -0.39 is 0 Å². The van der Waals surface area contributed by atoms with Crippen molar-refractivity contribution in [2.24, 2.45) is 7.05 Å². The average Bonchev–Trinajstić information content (AvgIpc) is 2.66. The molecule has 0 fully saturated rings. The first kappa shape index (κ1) is 12.2. The molecule has 5 heteroatoms. The minimum absolute atomic E-state index is 0.122. The quantitative estimate of drug-likeness (QED) is 0.798. The molecule has 1 heterocycles. The molecule has 0 aliphatic rings. The van der Waals surface area contributed by atoms with Crippen LogP contribution in [0.4, 0.5) is 5.69 Å². The van der Waals surface area contributed by atoms with Crippen LogP contribution in [0.5, 0.6) is 0 Å². The van der Waals surface area contributed by atoms with E-state index in [0.717, 1.165) is 11.3 Å². The Labute approximate surface area is 106 Å². The number of benzene rings is 1. The van der Waals surface area contributed by atoms with Gasteiger partial charge in [0.05, 0.1) is 11.3 Å². The van der Waals surface area contributed by atoms with Crippen LogP contribution in [0.25, 0.3) is 0 Å². The van der Waals surface area contributed by atoms with E-state index in [4.69, 9.17) is 5.73 Å². The van der Waals surface area contributed by atoms with Crippen LogP contribution in [-0.4, -0.2) is 15.7 Å². The van der Waals surface area contributed by atoms with Crippen molar-refractivity contribution in [2.45, 2.75) is 13.5 Å². The molecule has 2 aromatic rings. The maximum atomic E-state index is 11.9.